The van der Waals surface area contributed by atoms with E-state index in [1.165, 1.54) is 12.1 Å². The minimum absolute atomic E-state index is 0.000590. The lowest BCUT2D eigenvalue weighted by atomic mass is 10.0. The van der Waals surface area contributed by atoms with E-state index in [4.69, 9.17) is 100 Å². The topological polar surface area (TPSA) is 646 Å². The highest BCUT2D eigenvalue weighted by molar-refractivity contribution is 6.30. The molecule has 45 heteroatoms. The monoisotopic (exact) mass is 2060 g/mol. The Balaban J connectivity index is -0.00000156. The highest BCUT2D eigenvalue weighted by Gasteiger charge is 2.16. The molecule has 44 nitrogen and oxygen atoms in total. The third-order valence-electron chi connectivity index (χ3n) is 16.0. The number of carboxylic acid groups (broad SMARTS) is 9. The van der Waals surface area contributed by atoms with Gasteiger partial charge in [-0.15, -0.1) is 0 Å². The quantitative estimate of drug-likeness (QED) is 0.00741. The van der Waals surface area contributed by atoms with E-state index < -0.39 is 109 Å². The number of hydrogen-bond acceptors (Lipinski definition) is 35. The molecule has 0 amide bonds. The van der Waals surface area contributed by atoms with Crippen LogP contribution in [-0.4, -0.2) is 240 Å². The van der Waals surface area contributed by atoms with Gasteiger partial charge in [-0.1, -0.05) is 131 Å². The van der Waals surface area contributed by atoms with Crippen molar-refractivity contribution in [2.24, 2.45) is 5.92 Å². The molecule has 6 rings (SSSR count). The van der Waals surface area contributed by atoms with Crippen LogP contribution in [0, 0.1) is 12.8 Å². The van der Waals surface area contributed by atoms with Gasteiger partial charge < -0.3 is 126 Å². The predicted molar refractivity (Wildman–Crippen MR) is 510 cm³/mol. The average Bonchev–Trinajstić information content (AvgIpc) is 0.879. The normalized spacial score (nSPS) is 9.78. The van der Waals surface area contributed by atoms with E-state index in [0.29, 0.717) is 84.6 Å². The van der Waals surface area contributed by atoms with Crippen LogP contribution in [0.5, 0.6) is 23.0 Å². The largest absolute Gasteiger partial charge is 0.513 e. The second-order valence-corrected chi connectivity index (χ2v) is 30.3. The molecule has 0 radical (unpaired) electrons. The fourth-order valence-electron chi connectivity index (χ4n) is 9.02. The van der Waals surface area contributed by atoms with E-state index >= 15 is 0 Å². The Bertz CT molecular complexity index is 4560. The van der Waals surface area contributed by atoms with Gasteiger partial charge in [-0.3, -0.25) is 43.2 Å². The van der Waals surface area contributed by atoms with Crippen molar-refractivity contribution in [1.82, 2.24) is 0 Å². The summed E-state index contributed by atoms with van der Waals surface area (Å²) in [7, 11) is 0. The van der Waals surface area contributed by atoms with Crippen molar-refractivity contribution in [3.63, 3.8) is 0 Å². The summed E-state index contributed by atoms with van der Waals surface area (Å²) < 4.78 is 81.0. The highest BCUT2D eigenvalue weighted by Crippen LogP contribution is 2.20. The number of esters is 2. The van der Waals surface area contributed by atoms with Crippen LogP contribution in [0.3, 0.4) is 0 Å². The van der Waals surface area contributed by atoms with Crippen molar-refractivity contribution in [3.05, 3.63) is 191 Å². The number of ether oxygens (including phenoxy) is 17. The van der Waals surface area contributed by atoms with Gasteiger partial charge in [-0.05, 0) is 200 Å². The van der Waals surface area contributed by atoms with Crippen molar-refractivity contribution < 1.29 is 213 Å². The molecule has 0 atom stereocenters. The molecule has 9 N–H and O–H groups in total. The number of carboxylic acids is 9. The number of halogens is 1. The van der Waals surface area contributed by atoms with Gasteiger partial charge in [0.1, 0.15) is 29.6 Å². The van der Waals surface area contributed by atoms with Crippen LogP contribution in [0.1, 0.15) is 227 Å². The first-order valence-corrected chi connectivity index (χ1v) is 45.5. The number of rotatable bonds is 52. The maximum atomic E-state index is 11.7. The summed E-state index contributed by atoms with van der Waals surface area (Å²) in [5, 5.41) is 75.6. The van der Waals surface area contributed by atoms with Gasteiger partial charge in [0.15, 0.2) is 0 Å². The van der Waals surface area contributed by atoms with Gasteiger partial charge in [-0.2, -0.15) is 0 Å². The van der Waals surface area contributed by atoms with E-state index in [1.807, 2.05) is 75.4 Å². The molecule has 0 spiro atoms. The van der Waals surface area contributed by atoms with Gasteiger partial charge in [0.25, 0.3) is 0 Å². The summed E-state index contributed by atoms with van der Waals surface area (Å²) in [5.74, 6) is -6.48. The SMILES string of the molecule is CC(C)COC(=O)OCCCC(=O)O.CC(C)OC(=O)OCCCC(=O)O.CC(C)c1ccc(C(=O)OCCCC(=O)O)cc1.CCCCOc1ccc(C(=O)OCCCC(=O)O)cc1.CCOC(=O)OCCCC(=O)O.Cc1ccc(OC(=O)OCCCC(=O)O)cc1.O=C(O)CCCOC(=O)OCc1ccccc1.O=C(O)CCCOC(=O)Oc1ccc(Cl)cc1.O=C(O)CCCOC(=O)Oc1ccccc1. The maximum Gasteiger partial charge on any atom is 0.513 e. The number of benzene rings is 6. The summed E-state index contributed by atoms with van der Waals surface area (Å²) in [6.45, 7) is 19.1. The molecule has 0 saturated carbocycles. The van der Waals surface area contributed by atoms with Crippen LogP contribution in [-0.2, 0) is 111 Å². The zero-order valence-electron chi connectivity index (χ0n) is 81.8. The van der Waals surface area contributed by atoms with Gasteiger partial charge in [-0.25, -0.2) is 43.2 Å². The Morgan fingerprint density at radius 3 is 0.882 bits per heavy atom. The van der Waals surface area contributed by atoms with Crippen LogP contribution in [0.15, 0.2) is 158 Å². The van der Waals surface area contributed by atoms with E-state index in [-0.39, 0.29) is 168 Å². The van der Waals surface area contributed by atoms with Crippen molar-refractivity contribution in [3.8, 4) is 23.0 Å². The Labute approximate surface area is 837 Å². The minimum Gasteiger partial charge on any atom is -0.494 e. The molecule has 0 fully saturated rings. The van der Waals surface area contributed by atoms with Crippen LogP contribution in [0.4, 0.5) is 33.6 Å². The van der Waals surface area contributed by atoms with Gasteiger partial charge in [0, 0.05) is 62.8 Å². The molecule has 0 aromatic heterocycles. The van der Waals surface area contributed by atoms with Crippen molar-refractivity contribution >= 4 is 120 Å². The summed E-state index contributed by atoms with van der Waals surface area (Å²) >= 11 is 5.65. The van der Waals surface area contributed by atoms with Crippen molar-refractivity contribution in [2.45, 2.75) is 209 Å². The number of aryl methyl sites for hydroxylation is 1. The van der Waals surface area contributed by atoms with Crippen molar-refractivity contribution in [1.29, 1.82) is 0 Å². The summed E-state index contributed by atoms with van der Waals surface area (Å²) in [6, 6.07) is 44.9. The summed E-state index contributed by atoms with van der Waals surface area (Å²) in [6.07, 6.45) is -1.11. The molecule has 6 aromatic carbocycles. The molecule has 0 aliphatic heterocycles. The molecule has 0 heterocycles. The average molecular weight is 2060 g/mol. The number of carbonyl (C=O) groups is 18. The van der Waals surface area contributed by atoms with E-state index in [2.05, 4.69) is 58.7 Å². The molecule has 0 aliphatic rings. The summed E-state index contributed by atoms with van der Waals surface area (Å²) in [5.41, 5.74) is 4.03. The lowest BCUT2D eigenvalue weighted by Gasteiger charge is -2.07. The Kier molecular flexibility index (Phi) is 79.7. The standard InChI is InChI=1S/C15H20O5.C14H18O4.2C12H14O5.C11H11ClO5.C11H12O5.C9H16O5.C8H14O5.C7H12O5/c1-2-3-10-19-13-8-6-12(7-9-13)15(18)20-11-4-5-14(16)17;1-10(2)11-5-7-12(8-6-11)14(17)18-9-3-4-13(15)16;1-9-4-6-10(7-5-9)17-12(15)16-8-2-3-11(13)14;13-11(14)7-4-8-16-12(15)17-9-10-5-2-1-3-6-10;12-8-3-5-9(6-4-8)17-11(15)16-7-1-2-10(13)14;12-10(13)7-4-8-15-11(14)16-9-5-2-1-3-6-9;1-7(2)6-14-9(12)13-5-3-4-8(10)11;1-6(2)13-8(11)12-5-3-4-7(9)10;1-2-11-7(10)12-5-3-4-6(8)9/h6-9H,2-5,10-11H2,1H3,(H,16,17);5-8,10H,3-4,9H2,1-2H3,(H,15,16);4-7H,2-3,8H2,1H3,(H,13,14);1-3,5-6H,4,7-9H2,(H,13,14);3-6H,1-2,7H2,(H,13,14);1-3,5-6H,4,7-8H2,(H,12,13);7H,3-6H2,1-2H3,(H,10,11);6H,3-5H2,1-2H3,(H,9,10);2-5H2,1H3,(H,8,9). The maximum absolute atomic E-state index is 11.7. The predicted octanol–water partition coefficient (Wildman–Crippen LogP) is 19.2. The van der Waals surface area contributed by atoms with Crippen LogP contribution < -0.4 is 18.9 Å². The molecule has 798 valence electrons. The first-order valence-electron chi connectivity index (χ1n) is 45.2. The third kappa shape index (κ3) is 89.1. The smallest absolute Gasteiger partial charge is 0.494 e. The highest BCUT2D eigenvalue weighted by atomic mass is 35.5. The van der Waals surface area contributed by atoms with E-state index in [0.717, 1.165) is 35.3 Å². The summed E-state index contributed by atoms with van der Waals surface area (Å²) in [4.78, 5) is 191. The zero-order valence-corrected chi connectivity index (χ0v) is 82.5. The number of hydrogen-bond donors (Lipinski definition) is 9. The van der Waals surface area contributed by atoms with Gasteiger partial charge >= 0.3 is 109 Å². The van der Waals surface area contributed by atoms with Crippen LogP contribution in [0.25, 0.3) is 0 Å². The second-order valence-electron chi connectivity index (χ2n) is 29.9. The second kappa shape index (κ2) is 86.6. The lowest BCUT2D eigenvalue weighted by Crippen LogP contribution is -2.14. The Morgan fingerprint density at radius 2 is 0.569 bits per heavy atom. The van der Waals surface area contributed by atoms with E-state index in [1.54, 1.807) is 112 Å². The first kappa shape index (κ1) is 133. The molecular formula is C99H131ClO44. The number of unbranched alkanes of at least 4 members (excludes halogenated alkanes) is 1. The first-order chi connectivity index (χ1) is 68.4. The van der Waals surface area contributed by atoms with Gasteiger partial charge in [0.05, 0.1) is 96.5 Å². The molecule has 0 saturated heterocycles. The molecule has 6 aromatic rings. The fourth-order valence-corrected chi connectivity index (χ4v) is 9.14. The number of para-hydroxylation sites is 1. The minimum atomic E-state index is -0.931. The van der Waals surface area contributed by atoms with Crippen LogP contribution >= 0.6 is 11.6 Å². The van der Waals surface area contributed by atoms with Crippen LogP contribution in [0.2, 0.25) is 5.02 Å². The molecule has 0 unspecified atom stereocenters. The molecule has 144 heavy (non-hydrogen) atoms. The molecular weight excluding hydrogens is 1930 g/mol. The number of aliphatic carboxylic acids is 9. The fraction of sp³-hybridized carbons (Fsp3) is 0.455. The third-order valence-corrected chi connectivity index (χ3v) is 16.3. The van der Waals surface area contributed by atoms with Gasteiger partial charge in [0.2, 0.25) is 0 Å². The van der Waals surface area contributed by atoms with Crippen molar-refractivity contribution in [2.75, 3.05) is 79.3 Å². The Hall–Kier alpha value is -15.5. The van der Waals surface area contributed by atoms with E-state index in [9.17, 15) is 86.3 Å². The molecule has 0 aliphatic carbocycles. The molecule has 0 bridgehead atoms. The Morgan fingerprint density at radius 1 is 0.285 bits per heavy atom. The number of carbonyl (C=O) groups excluding carboxylic acids is 9. The lowest BCUT2D eigenvalue weighted by molar-refractivity contribution is -0.138. The zero-order chi connectivity index (χ0) is 109.